The van der Waals surface area contributed by atoms with Gasteiger partial charge in [-0.15, -0.1) is 11.3 Å². The lowest BCUT2D eigenvalue weighted by molar-refractivity contribution is -0.192. The average molecular weight is 539 g/mol. The van der Waals surface area contributed by atoms with Crippen molar-refractivity contribution in [3.8, 4) is 11.5 Å². The van der Waals surface area contributed by atoms with Crippen LogP contribution in [-0.4, -0.2) is 37.8 Å². The number of rotatable bonds is 6. The first kappa shape index (κ1) is 26.6. The lowest BCUT2D eigenvalue weighted by Gasteiger charge is -2.18. The van der Waals surface area contributed by atoms with E-state index < -0.39 is 12.1 Å². The van der Waals surface area contributed by atoms with Crippen molar-refractivity contribution >= 4 is 34.2 Å². The number of hydrogen-bond acceptors (Lipinski definition) is 5. The lowest BCUT2D eigenvalue weighted by Crippen LogP contribution is -2.25. The maximum Gasteiger partial charge on any atom is 0.490 e. The van der Waals surface area contributed by atoms with Crippen LogP contribution in [-0.2, 0) is 9.59 Å². The number of imidazole rings is 1. The number of amides is 1. The van der Waals surface area contributed by atoms with Crippen molar-refractivity contribution in [2.45, 2.75) is 18.5 Å². The van der Waals surface area contributed by atoms with E-state index in [-0.39, 0.29) is 11.8 Å². The molecule has 0 aliphatic rings. The molecule has 0 saturated carbocycles. The van der Waals surface area contributed by atoms with Crippen molar-refractivity contribution in [2.24, 2.45) is 0 Å². The molecule has 0 unspecified atom stereocenters. The lowest BCUT2D eigenvalue weighted by atomic mass is 9.88. The molecule has 0 saturated heterocycles. The van der Waals surface area contributed by atoms with Crippen molar-refractivity contribution in [3.63, 3.8) is 0 Å². The SMILES string of the molecule is O=C(CC(c1ccccc1)c1ccccc1)Nn1c(-c2cscn2)nc2ccccc21.O=C(O)C(F)(F)F. The van der Waals surface area contributed by atoms with E-state index in [1.807, 2.05) is 66.0 Å². The summed E-state index contributed by atoms with van der Waals surface area (Å²) < 4.78 is 33.5. The van der Waals surface area contributed by atoms with E-state index in [1.54, 1.807) is 10.2 Å². The van der Waals surface area contributed by atoms with Crippen molar-refractivity contribution in [3.05, 3.63) is 107 Å². The predicted molar refractivity (Wildman–Crippen MR) is 138 cm³/mol. The van der Waals surface area contributed by atoms with Gasteiger partial charge in [-0.25, -0.2) is 19.4 Å². The zero-order chi connectivity index (χ0) is 27.1. The van der Waals surface area contributed by atoms with Crippen molar-refractivity contribution in [1.29, 1.82) is 0 Å². The van der Waals surface area contributed by atoms with E-state index in [1.165, 1.54) is 11.3 Å². The topological polar surface area (TPSA) is 97.1 Å². The minimum absolute atomic E-state index is 0.0418. The molecular formula is C27H21F3N4O3S. The monoisotopic (exact) mass is 538 g/mol. The van der Waals surface area contributed by atoms with Crippen molar-refractivity contribution in [2.75, 3.05) is 5.43 Å². The van der Waals surface area contributed by atoms with Crippen LogP contribution in [0, 0.1) is 0 Å². The number of benzene rings is 3. The number of carboxylic acid groups (broad SMARTS) is 1. The third-order valence-corrected chi connectivity index (χ3v) is 6.08. The second kappa shape index (κ2) is 11.7. The number of thiazole rings is 1. The predicted octanol–water partition coefficient (Wildman–Crippen LogP) is 6.09. The summed E-state index contributed by atoms with van der Waals surface area (Å²) in [6.07, 6.45) is -4.77. The highest BCUT2D eigenvalue weighted by molar-refractivity contribution is 7.07. The van der Waals surface area contributed by atoms with Gasteiger partial charge in [0.05, 0.1) is 16.5 Å². The zero-order valence-corrected chi connectivity index (χ0v) is 20.5. The maximum absolute atomic E-state index is 13.3. The minimum atomic E-state index is -5.08. The smallest absolute Gasteiger partial charge is 0.475 e. The Morgan fingerprint density at radius 2 is 1.47 bits per heavy atom. The highest BCUT2D eigenvalue weighted by Gasteiger charge is 2.38. The fourth-order valence-corrected chi connectivity index (χ4v) is 4.32. The Bertz CT molecular complexity index is 1470. The van der Waals surface area contributed by atoms with Crippen LogP contribution in [0.2, 0.25) is 0 Å². The first-order valence-electron chi connectivity index (χ1n) is 11.3. The zero-order valence-electron chi connectivity index (χ0n) is 19.7. The molecule has 7 nitrogen and oxygen atoms in total. The Morgan fingerprint density at radius 1 is 0.921 bits per heavy atom. The number of para-hydroxylation sites is 2. The molecule has 0 bridgehead atoms. The van der Waals surface area contributed by atoms with Crippen molar-refractivity contribution in [1.82, 2.24) is 14.6 Å². The number of alkyl halides is 3. The summed E-state index contributed by atoms with van der Waals surface area (Å²) in [6, 6.07) is 28.0. The largest absolute Gasteiger partial charge is 0.490 e. The number of hydrogen-bond donors (Lipinski definition) is 2. The van der Waals surface area contributed by atoms with Crippen LogP contribution in [0.1, 0.15) is 23.5 Å². The number of aromatic nitrogens is 3. The number of carboxylic acids is 1. The summed E-state index contributed by atoms with van der Waals surface area (Å²) in [5.41, 5.74) is 9.45. The molecule has 5 rings (SSSR count). The minimum Gasteiger partial charge on any atom is -0.475 e. The van der Waals surface area contributed by atoms with Crippen LogP contribution in [0.4, 0.5) is 13.2 Å². The molecular weight excluding hydrogens is 517 g/mol. The first-order chi connectivity index (χ1) is 18.2. The van der Waals surface area contributed by atoms with Crippen LogP contribution in [0.5, 0.6) is 0 Å². The van der Waals surface area contributed by atoms with Crippen LogP contribution < -0.4 is 5.43 Å². The summed E-state index contributed by atoms with van der Waals surface area (Å²) in [6.45, 7) is 0. The molecule has 2 aromatic heterocycles. The number of aliphatic carboxylic acids is 1. The van der Waals surface area contributed by atoms with E-state index in [0.29, 0.717) is 12.2 Å². The molecule has 5 aromatic rings. The molecule has 0 fully saturated rings. The quantitative estimate of drug-likeness (QED) is 0.273. The normalized spacial score (nSPS) is 11.2. The van der Waals surface area contributed by atoms with Gasteiger partial charge in [0.25, 0.3) is 0 Å². The van der Waals surface area contributed by atoms with Gasteiger partial charge in [-0.1, -0.05) is 72.8 Å². The Balaban J connectivity index is 0.000000426. The third kappa shape index (κ3) is 6.43. The number of carbonyl (C=O) groups excluding carboxylic acids is 1. The van der Waals surface area contributed by atoms with E-state index in [9.17, 15) is 18.0 Å². The number of nitrogens with one attached hydrogen (secondary N) is 1. The van der Waals surface area contributed by atoms with Gasteiger partial charge in [0.2, 0.25) is 5.91 Å². The third-order valence-electron chi connectivity index (χ3n) is 5.49. The average Bonchev–Trinajstić information content (AvgIpc) is 3.57. The van der Waals surface area contributed by atoms with Crippen molar-refractivity contribution < 1.29 is 27.9 Å². The molecule has 0 spiro atoms. The van der Waals surface area contributed by atoms with Crippen LogP contribution in [0.25, 0.3) is 22.6 Å². The maximum atomic E-state index is 13.3. The molecule has 1 amide bonds. The fraction of sp³-hybridized carbons (Fsp3) is 0.111. The molecule has 11 heteroatoms. The summed E-state index contributed by atoms with van der Waals surface area (Å²) in [5, 5.41) is 9.06. The molecule has 194 valence electrons. The molecule has 0 aliphatic heterocycles. The Kier molecular flexibility index (Phi) is 8.17. The highest BCUT2D eigenvalue weighted by Crippen LogP contribution is 2.29. The summed E-state index contributed by atoms with van der Waals surface area (Å²) in [5.74, 6) is -2.25. The number of fused-ring (bicyclic) bond motifs is 1. The standard InChI is InChI=1S/C25H20N4OS.C2HF3O2/c30-24(15-20(18-9-3-1-4-10-18)19-11-5-2-6-12-19)28-29-23-14-8-7-13-21(23)27-25(29)22-16-31-17-26-22;3-2(4,5)1(6)7/h1-14,16-17,20H,15H2,(H,28,30);(H,6,7). The van der Waals surface area contributed by atoms with Gasteiger partial charge in [0, 0.05) is 17.7 Å². The van der Waals surface area contributed by atoms with Gasteiger partial charge in [0.15, 0.2) is 5.82 Å². The summed E-state index contributed by atoms with van der Waals surface area (Å²) in [4.78, 5) is 31.2. The van der Waals surface area contributed by atoms with Gasteiger partial charge in [0.1, 0.15) is 5.69 Å². The number of nitrogens with zero attached hydrogens (tertiary/aromatic N) is 3. The Hall–Kier alpha value is -4.51. The number of halogens is 3. The summed E-state index contributed by atoms with van der Waals surface area (Å²) in [7, 11) is 0. The highest BCUT2D eigenvalue weighted by atomic mass is 32.1. The molecule has 0 radical (unpaired) electrons. The van der Waals surface area contributed by atoms with E-state index in [2.05, 4.69) is 34.7 Å². The van der Waals surface area contributed by atoms with Gasteiger partial charge < -0.3 is 5.11 Å². The van der Waals surface area contributed by atoms with Crippen LogP contribution in [0.3, 0.4) is 0 Å². The second-order valence-corrected chi connectivity index (χ2v) is 8.77. The van der Waals surface area contributed by atoms with Crippen LogP contribution in [0.15, 0.2) is 95.8 Å². The summed E-state index contributed by atoms with van der Waals surface area (Å²) >= 11 is 1.50. The Labute approximate surface area is 219 Å². The fourth-order valence-electron chi connectivity index (χ4n) is 3.79. The van der Waals surface area contributed by atoms with Gasteiger partial charge in [-0.05, 0) is 23.3 Å². The first-order valence-corrected chi connectivity index (χ1v) is 12.2. The van der Waals surface area contributed by atoms with E-state index >= 15 is 0 Å². The van der Waals surface area contributed by atoms with Crippen LogP contribution >= 0.6 is 11.3 Å². The molecule has 0 atom stereocenters. The molecule has 3 aromatic carbocycles. The van der Waals surface area contributed by atoms with Gasteiger partial charge >= 0.3 is 12.1 Å². The second-order valence-electron chi connectivity index (χ2n) is 8.05. The van der Waals surface area contributed by atoms with E-state index in [0.717, 1.165) is 27.9 Å². The van der Waals surface area contributed by atoms with Gasteiger partial charge in [-0.2, -0.15) is 13.2 Å². The Morgan fingerprint density at radius 3 is 2.00 bits per heavy atom. The van der Waals surface area contributed by atoms with Gasteiger partial charge in [-0.3, -0.25) is 10.2 Å². The molecule has 2 heterocycles. The number of carbonyl (C=O) groups is 2. The van der Waals surface area contributed by atoms with E-state index in [4.69, 9.17) is 14.9 Å². The molecule has 2 N–H and O–H groups in total. The molecule has 38 heavy (non-hydrogen) atoms. The molecule has 0 aliphatic carbocycles.